The topological polar surface area (TPSA) is 37.3 Å². The van der Waals surface area contributed by atoms with E-state index in [-0.39, 0.29) is 6.42 Å². The smallest absolute Gasteiger partial charge is 0.307 e. The van der Waals surface area contributed by atoms with Gasteiger partial charge in [-0.05, 0) is 25.0 Å². The van der Waals surface area contributed by atoms with Gasteiger partial charge in [-0.2, -0.15) is 0 Å². The van der Waals surface area contributed by atoms with Gasteiger partial charge in [0.2, 0.25) is 0 Å². The Morgan fingerprint density at radius 1 is 1.43 bits per heavy atom. The van der Waals surface area contributed by atoms with Crippen molar-refractivity contribution in [2.75, 3.05) is 0 Å². The van der Waals surface area contributed by atoms with E-state index in [1.165, 1.54) is 5.56 Å². The average Bonchev–Trinajstić information content (AvgIpc) is 2.10. The Labute approximate surface area is 83.9 Å². The molecule has 0 spiro atoms. The molecule has 2 nitrogen and oxygen atoms in total. The van der Waals surface area contributed by atoms with Crippen LogP contribution in [0.25, 0.3) is 6.08 Å². The van der Waals surface area contributed by atoms with Crippen LogP contribution in [0.4, 0.5) is 0 Å². The third-order valence-corrected chi connectivity index (χ3v) is 2.02. The number of hydrogen-bond donors (Lipinski definition) is 1. The molecule has 0 unspecified atom stereocenters. The number of carbonyl (C=O) groups is 1. The van der Waals surface area contributed by atoms with Gasteiger partial charge in [-0.3, -0.25) is 4.79 Å². The van der Waals surface area contributed by atoms with Crippen LogP contribution in [0.3, 0.4) is 0 Å². The van der Waals surface area contributed by atoms with Crippen molar-refractivity contribution in [2.45, 2.75) is 20.3 Å². The predicted octanol–water partition coefficient (Wildman–Crippen LogP) is 2.79. The number of aryl methyl sites for hydroxylation is 2. The zero-order valence-corrected chi connectivity index (χ0v) is 8.45. The molecule has 0 fully saturated rings. The van der Waals surface area contributed by atoms with Gasteiger partial charge in [0.25, 0.3) is 0 Å². The SMILES string of the molecule is Cc1ccc(C)c(C=CCC(=O)O)c1. The molecule has 1 rings (SSSR count). The highest BCUT2D eigenvalue weighted by atomic mass is 16.4. The van der Waals surface area contributed by atoms with E-state index in [9.17, 15) is 4.79 Å². The molecule has 0 amide bonds. The Hall–Kier alpha value is -1.57. The van der Waals surface area contributed by atoms with E-state index >= 15 is 0 Å². The first-order chi connectivity index (χ1) is 6.59. The lowest BCUT2D eigenvalue weighted by Gasteiger charge is -2.00. The number of aliphatic carboxylic acids is 1. The van der Waals surface area contributed by atoms with Crippen molar-refractivity contribution in [1.82, 2.24) is 0 Å². The molecule has 0 bridgehead atoms. The van der Waals surface area contributed by atoms with Crippen molar-refractivity contribution in [1.29, 1.82) is 0 Å². The van der Waals surface area contributed by atoms with Crippen LogP contribution in [0, 0.1) is 13.8 Å². The van der Waals surface area contributed by atoms with Crippen LogP contribution in [0.1, 0.15) is 23.1 Å². The van der Waals surface area contributed by atoms with Crippen LogP contribution < -0.4 is 0 Å². The molecule has 0 atom stereocenters. The molecule has 1 aromatic carbocycles. The molecule has 2 heteroatoms. The molecule has 0 aliphatic heterocycles. The summed E-state index contributed by atoms with van der Waals surface area (Å²) in [6.07, 6.45) is 3.61. The third-order valence-electron chi connectivity index (χ3n) is 2.02. The largest absolute Gasteiger partial charge is 0.481 e. The molecular weight excluding hydrogens is 176 g/mol. The van der Waals surface area contributed by atoms with E-state index in [0.29, 0.717) is 0 Å². The van der Waals surface area contributed by atoms with Gasteiger partial charge < -0.3 is 5.11 Å². The number of carboxylic acid groups (broad SMARTS) is 1. The Morgan fingerprint density at radius 3 is 2.79 bits per heavy atom. The molecule has 0 aromatic heterocycles. The molecule has 0 heterocycles. The maximum atomic E-state index is 10.3. The first kappa shape index (κ1) is 10.5. The van der Waals surface area contributed by atoms with E-state index in [2.05, 4.69) is 0 Å². The van der Waals surface area contributed by atoms with E-state index in [0.717, 1.165) is 11.1 Å². The van der Waals surface area contributed by atoms with Gasteiger partial charge in [-0.15, -0.1) is 0 Å². The maximum Gasteiger partial charge on any atom is 0.307 e. The second kappa shape index (κ2) is 4.61. The van der Waals surface area contributed by atoms with Crippen LogP contribution in [-0.2, 0) is 4.79 Å². The second-order valence-electron chi connectivity index (χ2n) is 3.36. The molecule has 0 saturated carbocycles. The van der Waals surface area contributed by atoms with Gasteiger partial charge in [0.1, 0.15) is 0 Å². The molecule has 0 aliphatic carbocycles. The fourth-order valence-electron chi connectivity index (χ4n) is 1.23. The van der Waals surface area contributed by atoms with Crippen molar-refractivity contribution in [2.24, 2.45) is 0 Å². The van der Waals surface area contributed by atoms with Gasteiger partial charge in [-0.25, -0.2) is 0 Å². The van der Waals surface area contributed by atoms with Crippen molar-refractivity contribution < 1.29 is 9.90 Å². The first-order valence-electron chi connectivity index (χ1n) is 4.55. The highest BCUT2D eigenvalue weighted by Gasteiger charge is 1.95. The van der Waals surface area contributed by atoms with E-state index < -0.39 is 5.97 Å². The molecule has 0 saturated heterocycles. The standard InChI is InChI=1S/C12H14O2/c1-9-6-7-10(2)11(8-9)4-3-5-12(13)14/h3-4,6-8H,5H2,1-2H3,(H,13,14). The number of rotatable bonds is 3. The number of benzene rings is 1. The molecule has 14 heavy (non-hydrogen) atoms. The second-order valence-corrected chi connectivity index (χ2v) is 3.36. The Morgan fingerprint density at radius 2 is 2.14 bits per heavy atom. The lowest BCUT2D eigenvalue weighted by Crippen LogP contribution is -1.90. The Bertz CT molecular complexity index is 365. The summed E-state index contributed by atoms with van der Waals surface area (Å²) in [7, 11) is 0. The molecule has 0 aliphatic rings. The van der Waals surface area contributed by atoms with E-state index in [1.807, 2.05) is 38.1 Å². The first-order valence-corrected chi connectivity index (χ1v) is 4.55. The number of hydrogen-bond acceptors (Lipinski definition) is 1. The van der Waals surface area contributed by atoms with E-state index in [1.54, 1.807) is 6.08 Å². The monoisotopic (exact) mass is 190 g/mol. The fourth-order valence-corrected chi connectivity index (χ4v) is 1.23. The summed E-state index contributed by atoms with van der Waals surface area (Å²) in [6.45, 7) is 4.04. The van der Waals surface area contributed by atoms with Crippen molar-refractivity contribution in [3.8, 4) is 0 Å². The molecule has 1 N–H and O–H groups in total. The van der Waals surface area contributed by atoms with Crippen LogP contribution >= 0.6 is 0 Å². The summed E-state index contributed by atoms with van der Waals surface area (Å²) in [5, 5.41) is 8.46. The average molecular weight is 190 g/mol. The predicted molar refractivity (Wildman–Crippen MR) is 57.2 cm³/mol. The minimum Gasteiger partial charge on any atom is -0.481 e. The normalized spacial score (nSPS) is 10.7. The van der Waals surface area contributed by atoms with Gasteiger partial charge in [0.05, 0.1) is 6.42 Å². The van der Waals surface area contributed by atoms with Crippen LogP contribution in [0.5, 0.6) is 0 Å². The lowest BCUT2D eigenvalue weighted by atomic mass is 10.1. The van der Waals surface area contributed by atoms with Gasteiger partial charge >= 0.3 is 5.97 Å². The maximum absolute atomic E-state index is 10.3. The summed E-state index contributed by atoms with van der Waals surface area (Å²) in [5.74, 6) is -0.799. The highest BCUT2D eigenvalue weighted by Crippen LogP contribution is 2.12. The Kier molecular flexibility index (Phi) is 3.46. The van der Waals surface area contributed by atoms with Crippen molar-refractivity contribution in [3.63, 3.8) is 0 Å². The third kappa shape index (κ3) is 3.05. The molecule has 74 valence electrons. The highest BCUT2D eigenvalue weighted by molar-refractivity contribution is 5.70. The quantitative estimate of drug-likeness (QED) is 0.795. The lowest BCUT2D eigenvalue weighted by molar-refractivity contribution is -0.135. The molecule has 0 radical (unpaired) electrons. The van der Waals surface area contributed by atoms with E-state index in [4.69, 9.17) is 5.11 Å². The summed E-state index contributed by atoms with van der Waals surface area (Å²) in [5.41, 5.74) is 3.44. The summed E-state index contributed by atoms with van der Waals surface area (Å²) >= 11 is 0. The fraction of sp³-hybridized carbons (Fsp3) is 0.250. The van der Waals surface area contributed by atoms with Crippen molar-refractivity contribution in [3.05, 3.63) is 41.0 Å². The van der Waals surface area contributed by atoms with Gasteiger partial charge in [0, 0.05) is 0 Å². The minimum absolute atomic E-state index is 0.0768. The number of carboxylic acids is 1. The van der Waals surface area contributed by atoms with Crippen molar-refractivity contribution >= 4 is 12.0 Å². The minimum atomic E-state index is -0.799. The zero-order valence-electron chi connectivity index (χ0n) is 8.45. The summed E-state index contributed by atoms with van der Waals surface area (Å²) in [6, 6.07) is 6.13. The van der Waals surface area contributed by atoms with Gasteiger partial charge in [-0.1, -0.05) is 35.9 Å². The van der Waals surface area contributed by atoms with Crippen LogP contribution in [-0.4, -0.2) is 11.1 Å². The zero-order chi connectivity index (χ0) is 10.6. The molecular formula is C12H14O2. The van der Waals surface area contributed by atoms with Gasteiger partial charge in [0.15, 0.2) is 0 Å². The van der Waals surface area contributed by atoms with Crippen LogP contribution in [0.2, 0.25) is 0 Å². The molecule has 1 aromatic rings. The Balaban J connectivity index is 2.80. The van der Waals surface area contributed by atoms with Crippen LogP contribution in [0.15, 0.2) is 24.3 Å². The summed E-state index contributed by atoms with van der Waals surface area (Å²) in [4.78, 5) is 10.3. The summed E-state index contributed by atoms with van der Waals surface area (Å²) < 4.78 is 0.